The Morgan fingerprint density at radius 2 is 2.33 bits per heavy atom. The van der Waals surface area contributed by atoms with Crippen LogP contribution in [0, 0.1) is 3.57 Å². The van der Waals surface area contributed by atoms with Crippen LogP contribution in [0.25, 0.3) is 10.9 Å². The normalized spacial score (nSPS) is 10.8. The number of benzene rings is 1. The maximum absolute atomic E-state index is 8.93. The summed E-state index contributed by atoms with van der Waals surface area (Å²) in [6.07, 6.45) is 0. The first-order chi connectivity index (χ1) is 5.81. The molecule has 3 nitrogen and oxygen atoms in total. The largest absolute Gasteiger partial charge is 0.390 e. The molecule has 0 amide bonds. The topological polar surface area (TPSA) is 48.9 Å². The average Bonchev–Trinajstić information content (AvgIpc) is 2.46. The number of nitrogens with zero attached hydrogens (tertiary/aromatic N) is 1. The lowest BCUT2D eigenvalue weighted by atomic mass is 10.2. The number of H-pyrrole nitrogens is 1. The van der Waals surface area contributed by atoms with E-state index in [1.165, 1.54) is 0 Å². The van der Waals surface area contributed by atoms with Crippen molar-refractivity contribution in [2.45, 2.75) is 6.61 Å². The Labute approximate surface area is 82.9 Å². The van der Waals surface area contributed by atoms with Gasteiger partial charge in [-0.1, -0.05) is 0 Å². The van der Waals surface area contributed by atoms with Gasteiger partial charge in [0.25, 0.3) is 0 Å². The smallest absolute Gasteiger partial charge is 0.0955 e. The lowest BCUT2D eigenvalue weighted by Crippen LogP contribution is -1.82. The van der Waals surface area contributed by atoms with Crippen molar-refractivity contribution in [2.75, 3.05) is 0 Å². The summed E-state index contributed by atoms with van der Waals surface area (Å²) < 4.78 is 1.15. The van der Waals surface area contributed by atoms with E-state index in [2.05, 4.69) is 32.8 Å². The van der Waals surface area contributed by atoms with Gasteiger partial charge in [0, 0.05) is 8.96 Å². The van der Waals surface area contributed by atoms with Crippen molar-refractivity contribution >= 4 is 33.5 Å². The summed E-state index contributed by atoms with van der Waals surface area (Å²) in [5.41, 5.74) is 1.68. The van der Waals surface area contributed by atoms with E-state index in [0.717, 1.165) is 14.5 Å². The lowest BCUT2D eigenvalue weighted by molar-refractivity contribution is 0.278. The molecular formula is C8H7IN2O. The van der Waals surface area contributed by atoms with Crippen LogP contribution >= 0.6 is 22.6 Å². The van der Waals surface area contributed by atoms with Crippen LogP contribution in [0.5, 0.6) is 0 Å². The quantitative estimate of drug-likeness (QED) is 0.777. The molecule has 1 heterocycles. The number of aromatic amines is 1. The number of rotatable bonds is 1. The molecule has 2 N–H and O–H groups in total. The highest BCUT2D eigenvalue weighted by atomic mass is 127. The van der Waals surface area contributed by atoms with Crippen LogP contribution in [0.3, 0.4) is 0 Å². The monoisotopic (exact) mass is 274 g/mol. The van der Waals surface area contributed by atoms with Crippen LogP contribution in [-0.2, 0) is 6.61 Å². The first kappa shape index (κ1) is 8.00. The molecule has 0 saturated heterocycles. The highest BCUT2D eigenvalue weighted by Crippen LogP contribution is 2.18. The zero-order chi connectivity index (χ0) is 8.55. The van der Waals surface area contributed by atoms with E-state index in [1.54, 1.807) is 0 Å². The molecule has 1 aromatic carbocycles. The van der Waals surface area contributed by atoms with Crippen molar-refractivity contribution in [3.05, 3.63) is 27.5 Å². The minimum Gasteiger partial charge on any atom is -0.390 e. The van der Waals surface area contributed by atoms with Crippen molar-refractivity contribution in [1.29, 1.82) is 0 Å². The Morgan fingerprint density at radius 3 is 3.08 bits per heavy atom. The standard InChI is InChI=1S/C8H7IN2O/c9-5-1-2-7-6(3-5)8(4-12)11-10-7/h1-3,12H,4H2,(H,10,11). The molecule has 2 aromatic rings. The zero-order valence-electron chi connectivity index (χ0n) is 6.21. The minimum atomic E-state index is -0.0138. The first-order valence-corrected chi connectivity index (χ1v) is 4.62. The predicted octanol–water partition coefficient (Wildman–Crippen LogP) is 1.66. The lowest BCUT2D eigenvalue weighted by Gasteiger charge is -1.91. The van der Waals surface area contributed by atoms with E-state index in [-0.39, 0.29) is 6.61 Å². The molecule has 0 saturated carbocycles. The van der Waals surface area contributed by atoms with E-state index >= 15 is 0 Å². The third-order valence-electron chi connectivity index (χ3n) is 1.75. The minimum absolute atomic E-state index is 0.0138. The predicted molar refractivity (Wildman–Crippen MR) is 54.7 cm³/mol. The van der Waals surface area contributed by atoms with Gasteiger partial charge < -0.3 is 5.11 Å². The Hall–Kier alpha value is -0.620. The van der Waals surface area contributed by atoms with Crippen molar-refractivity contribution in [2.24, 2.45) is 0 Å². The number of nitrogens with one attached hydrogen (secondary N) is 1. The van der Waals surface area contributed by atoms with Gasteiger partial charge in [0.2, 0.25) is 0 Å². The van der Waals surface area contributed by atoms with Crippen LogP contribution in [0.15, 0.2) is 18.2 Å². The number of aromatic nitrogens is 2. The number of fused-ring (bicyclic) bond motifs is 1. The molecule has 0 radical (unpaired) electrons. The van der Waals surface area contributed by atoms with Crippen LogP contribution < -0.4 is 0 Å². The molecule has 4 heteroatoms. The molecule has 0 aliphatic carbocycles. The fraction of sp³-hybridized carbons (Fsp3) is 0.125. The van der Waals surface area contributed by atoms with Crippen LogP contribution in [0.4, 0.5) is 0 Å². The van der Waals surface area contributed by atoms with Crippen LogP contribution in [0.1, 0.15) is 5.69 Å². The van der Waals surface area contributed by atoms with Crippen molar-refractivity contribution in [3.63, 3.8) is 0 Å². The first-order valence-electron chi connectivity index (χ1n) is 3.54. The Balaban J connectivity index is 2.75. The van der Waals surface area contributed by atoms with E-state index in [1.807, 2.05) is 18.2 Å². The summed E-state index contributed by atoms with van der Waals surface area (Å²) in [5.74, 6) is 0. The number of hydrogen-bond donors (Lipinski definition) is 2. The van der Waals surface area contributed by atoms with Crippen LogP contribution in [-0.4, -0.2) is 15.3 Å². The number of aliphatic hydroxyl groups excluding tert-OH is 1. The summed E-state index contributed by atoms with van der Waals surface area (Å²) in [7, 11) is 0. The van der Waals surface area contributed by atoms with Gasteiger partial charge in [-0.25, -0.2) is 0 Å². The number of halogens is 1. The van der Waals surface area contributed by atoms with Gasteiger partial charge in [0.05, 0.1) is 17.8 Å². The molecule has 1 aromatic heterocycles. The highest BCUT2D eigenvalue weighted by molar-refractivity contribution is 14.1. The molecule has 0 unspecified atom stereocenters. The Kier molecular flexibility index (Phi) is 2.02. The molecule has 62 valence electrons. The third kappa shape index (κ3) is 1.21. The Morgan fingerprint density at radius 1 is 1.50 bits per heavy atom. The molecule has 0 bridgehead atoms. The molecule has 0 aliphatic heterocycles. The van der Waals surface area contributed by atoms with Gasteiger partial charge in [-0.3, -0.25) is 5.10 Å². The second kappa shape index (κ2) is 3.02. The molecule has 0 aliphatic rings. The second-order valence-electron chi connectivity index (χ2n) is 2.52. The van der Waals surface area contributed by atoms with Crippen molar-refractivity contribution < 1.29 is 5.11 Å². The van der Waals surface area contributed by atoms with Crippen molar-refractivity contribution in [1.82, 2.24) is 10.2 Å². The van der Waals surface area contributed by atoms with Crippen LogP contribution in [0.2, 0.25) is 0 Å². The number of aliphatic hydroxyl groups is 1. The fourth-order valence-electron chi connectivity index (χ4n) is 1.16. The van der Waals surface area contributed by atoms with E-state index in [9.17, 15) is 0 Å². The summed E-state index contributed by atoms with van der Waals surface area (Å²) in [4.78, 5) is 0. The summed E-state index contributed by atoms with van der Waals surface area (Å²) in [6.45, 7) is -0.0138. The summed E-state index contributed by atoms with van der Waals surface area (Å²) >= 11 is 2.24. The van der Waals surface area contributed by atoms with E-state index in [4.69, 9.17) is 5.11 Å². The second-order valence-corrected chi connectivity index (χ2v) is 3.76. The van der Waals surface area contributed by atoms with Gasteiger partial charge in [0.1, 0.15) is 0 Å². The molecule has 0 spiro atoms. The fourth-order valence-corrected chi connectivity index (χ4v) is 1.65. The Bertz CT molecular complexity index is 410. The zero-order valence-corrected chi connectivity index (χ0v) is 8.37. The molecular weight excluding hydrogens is 267 g/mol. The van der Waals surface area contributed by atoms with Gasteiger partial charge in [-0.05, 0) is 40.8 Å². The highest BCUT2D eigenvalue weighted by Gasteiger charge is 2.03. The van der Waals surface area contributed by atoms with Gasteiger partial charge in [0.15, 0.2) is 0 Å². The van der Waals surface area contributed by atoms with Gasteiger partial charge in [-0.15, -0.1) is 0 Å². The van der Waals surface area contributed by atoms with Gasteiger partial charge >= 0.3 is 0 Å². The molecule has 0 fully saturated rings. The summed E-state index contributed by atoms with van der Waals surface area (Å²) in [6, 6.07) is 5.97. The van der Waals surface area contributed by atoms with Crippen molar-refractivity contribution in [3.8, 4) is 0 Å². The maximum atomic E-state index is 8.93. The average molecular weight is 274 g/mol. The number of hydrogen-bond acceptors (Lipinski definition) is 2. The maximum Gasteiger partial charge on any atom is 0.0955 e. The third-order valence-corrected chi connectivity index (χ3v) is 2.42. The SMILES string of the molecule is OCc1n[nH]c2ccc(I)cc12. The summed E-state index contributed by atoms with van der Waals surface area (Å²) in [5, 5.41) is 16.8. The van der Waals surface area contributed by atoms with E-state index < -0.39 is 0 Å². The molecule has 2 rings (SSSR count). The van der Waals surface area contributed by atoms with E-state index in [0.29, 0.717) is 5.69 Å². The molecule has 12 heavy (non-hydrogen) atoms. The van der Waals surface area contributed by atoms with Gasteiger partial charge in [-0.2, -0.15) is 5.10 Å². The molecule has 0 atom stereocenters.